The van der Waals surface area contributed by atoms with Gasteiger partial charge >= 0.3 is 0 Å². The Morgan fingerprint density at radius 2 is 1.39 bits per heavy atom. The fourth-order valence-electron chi connectivity index (χ4n) is 3.92. The lowest BCUT2D eigenvalue weighted by Crippen LogP contribution is -2.36. The van der Waals surface area contributed by atoms with Crippen molar-refractivity contribution in [1.29, 1.82) is 0 Å². The molecule has 1 N–H and O–H groups in total. The molecule has 0 atom stereocenters. The van der Waals surface area contributed by atoms with Crippen LogP contribution in [-0.4, -0.2) is 36.1 Å². The quantitative estimate of drug-likeness (QED) is 0.618. The van der Waals surface area contributed by atoms with Crippen LogP contribution >= 0.6 is 0 Å². The summed E-state index contributed by atoms with van der Waals surface area (Å²) in [5.74, 6) is 1.36. The molecule has 3 aromatic rings. The number of carbonyl (C=O) groups excluding carboxylic acids is 1. The van der Waals surface area contributed by atoms with Crippen LogP contribution in [0.2, 0.25) is 0 Å². The molecule has 160 valence electrons. The molecule has 6 heteroatoms. The second kappa shape index (κ2) is 9.60. The molecule has 1 aliphatic carbocycles. The minimum atomic E-state index is -0.171. The van der Waals surface area contributed by atoms with Gasteiger partial charge in [-0.2, -0.15) is 0 Å². The number of nitrogens with zero attached hydrogens (tertiary/aromatic N) is 2. The summed E-state index contributed by atoms with van der Waals surface area (Å²) < 4.78 is 10.5. The predicted octanol–water partition coefficient (Wildman–Crippen LogP) is 4.89. The third-order valence-electron chi connectivity index (χ3n) is 5.67. The number of carbonyl (C=O) groups is 1. The van der Waals surface area contributed by atoms with Crippen LogP contribution in [0.3, 0.4) is 0 Å². The molecule has 1 saturated carbocycles. The maximum absolute atomic E-state index is 12.9. The van der Waals surface area contributed by atoms with E-state index in [9.17, 15) is 4.79 Å². The summed E-state index contributed by atoms with van der Waals surface area (Å²) in [6.07, 6.45) is 7.16. The zero-order valence-corrected chi connectivity index (χ0v) is 17.9. The SMILES string of the molecule is COc1ccc(-c2ncc(C(=O)NC3CCCCC3)nc2-c2ccc(OC)cc2)cc1. The minimum Gasteiger partial charge on any atom is -0.497 e. The van der Waals surface area contributed by atoms with Gasteiger partial charge in [-0.25, -0.2) is 4.98 Å². The Hall–Kier alpha value is -3.41. The Labute approximate surface area is 182 Å². The minimum absolute atomic E-state index is 0.171. The molecule has 0 saturated heterocycles. The Morgan fingerprint density at radius 3 is 1.94 bits per heavy atom. The second-order valence-electron chi connectivity index (χ2n) is 7.72. The fraction of sp³-hybridized carbons (Fsp3) is 0.320. The maximum atomic E-state index is 12.9. The van der Waals surface area contributed by atoms with Crippen molar-refractivity contribution in [3.8, 4) is 34.0 Å². The van der Waals surface area contributed by atoms with Crippen molar-refractivity contribution in [2.75, 3.05) is 14.2 Å². The predicted molar refractivity (Wildman–Crippen MR) is 120 cm³/mol. The van der Waals surface area contributed by atoms with Crippen LogP contribution in [0.1, 0.15) is 42.6 Å². The van der Waals surface area contributed by atoms with Crippen molar-refractivity contribution in [3.05, 3.63) is 60.4 Å². The van der Waals surface area contributed by atoms with E-state index < -0.39 is 0 Å². The number of hydrogen-bond donors (Lipinski definition) is 1. The average Bonchev–Trinajstić information content (AvgIpc) is 2.84. The van der Waals surface area contributed by atoms with Crippen molar-refractivity contribution < 1.29 is 14.3 Å². The monoisotopic (exact) mass is 417 g/mol. The molecule has 1 heterocycles. The molecular formula is C25H27N3O3. The number of rotatable bonds is 6. The van der Waals surface area contributed by atoms with Gasteiger partial charge in [0, 0.05) is 17.2 Å². The second-order valence-corrected chi connectivity index (χ2v) is 7.72. The van der Waals surface area contributed by atoms with Crippen molar-refractivity contribution >= 4 is 5.91 Å². The average molecular weight is 418 g/mol. The highest BCUT2D eigenvalue weighted by Crippen LogP contribution is 2.31. The molecule has 0 bridgehead atoms. The molecule has 0 radical (unpaired) electrons. The number of aromatic nitrogens is 2. The maximum Gasteiger partial charge on any atom is 0.271 e. The summed E-state index contributed by atoms with van der Waals surface area (Å²) >= 11 is 0. The Morgan fingerprint density at radius 1 is 0.839 bits per heavy atom. The van der Waals surface area contributed by atoms with Crippen LogP contribution in [0.4, 0.5) is 0 Å². The van der Waals surface area contributed by atoms with Crippen molar-refractivity contribution in [2.45, 2.75) is 38.1 Å². The van der Waals surface area contributed by atoms with Gasteiger partial charge in [0.05, 0.1) is 31.8 Å². The number of benzene rings is 2. The Bertz CT molecular complexity index is 1030. The number of hydrogen-bond acceptors (Lipinski definition) is 5. The van der Waals surface area contributed by atoms with Gasteiger partial charge in [-0.05, 0) is 61.4 Å². The highest BCUT2D eigenvalue weighted by molar-refractivity contribution is 5.93. The number of amides is 1. The number of ether oxygens (including phenoxy) is 2. The van der Waals surface area contributed by atoms with Crippen molar-refractivity contribution in [3.63, 3.8) is 0 Å². The largest absolute Gasteiger partial charge is 0.497 e. The van der Waals surface area contributed by atoms with Crippen molar-refractivity contribution in [2.24, 2.45) is 0 Å². The first-order valence-electron chi connectivity index (χ1n) is 10.6. The van der Waals surface area contributed by atoms with Gasteiger partial charge in [0.1, 0.15) is 17.2 Å². The molecule has 1 amide bonds. The van der Waals surface area contributed by atoms with Gasteiger partial charge in [0.15, 0.2) is 0 Å². The summed E-state index contributed by atoms with van der Waals surface area (Å²) in [6, 6.07) is 15.5. The molecule has 1 fully saturated rings. The van der Waals surface area contributed by atoms with Gasteiger partial charge in [-0.3, -0.25) is 9.78 Å². The lowest BCUT2D eigenvalue weighted by Gasteiger charge is -2.22. The van der Waals surface area contributed by atoms with Crippen LogP contribution in [0.25, 0.3) is 22.5 Å². The zero-order valence-electron chi connectivity index (χ0n) is 17.9. The van der Waals surface area contributed by atoms with Gasteiger partial charge < -0.3 is 14.8 Å². The van der Waals surface area contributed by atoms with Crippen LogP contribution < -0.4 is 14.8 Å². The first-order valence-corrected chi connectivity index (χ1v) is 10.6. The molecule has 0 spiro atoms. The topological polar surface area (TPSA) is 73.3 Å². The first kappa shape index (κ1) is 20.8. The third-order valence-corrected chi connectivity index (χ3v) is 5.67. The van der Waals surface area contributed by atoms with E-state index in [4.69, 9.17) is 14.5 Å². The molecule has 0 aliphatic heterocycles. The van der Waals surface area contributed by atoms with E-state index >= 15 is 0 Å². The standard InChI is InChI=1S/C25H27N3O3/c1-30-20-12-8-17(9-13-20)23-24(18-10-14-21(31-2)15-11-18)28-22(16-26-23)25(29)27-19-6-4-3-5-7-19/h8-16,19H,3-7H2,1-2H3,(H,27,29). The Kier molecular flexibility index (Phi) is 6.46. The lowest BCUT2D eigenvalue weighted by molar-refractivity contribution is 0.0922. The summed E-state index contributed by atoms with van der Waals surface area (Å²) in [5, 5.41) is 3.13. The normalized spacial score (nSPS) is 14.1. The molecular weight excluding hydrogens is 390 g/mol. The number of methoxy groups -OCH3 is 2. The third kappa shape index (κ3) is 4.85. The van der Waals surface area contributed by atoms with E-state index in [0.29, 0.717) is 17.1 Å². The van der Waals surface area contributed by atoms with Crippen LogP contribution in [0.5, 0.6) is 11.5 Å². The van der Waals surface area contributed by atoms with Gasteiger partial charge in [0.2, 0.25) is 0 Å². The van der Waals surface area contributed by atoms with E-state index in [-0.39, 0.29) is 11.9 Å². The first-order chi connectivity index (χ1) is 15.2. The highest BCUT2D eigenvalue weighted by atomic mass is 16.5. The molecule has 4 rings (SSSR count). The molecule has 31 heavy (non-hydrogen) atoms. The molecule has 0 unspecified atom stereocenters. The van der Waals surface area contributed by atoms with E-state index in [1.807, 2.05) is 48.5 Å². The fourth-order valence-corrected chi connectivity index (χ4v) is 3.92. The lowest BCUT2D eigenvalue weighted by atomic mass is 9.95. The van der Waals surface area contributed by atoms with Crippen LogP contribution in [0.15, 0.2) is 54.7 Å². The molecule has 6 nitrogen and oxygen atoms in total. The summed E-state index contributed by atoms with van der Waals surface area (Å²) in [6.45, 7) is 0. The summed E-state index contributed by atoms with van der Waals surface area (Å²) in [5.41, 5.74) is 3.46. The summed E-state index contributed by atoms with van der Waals surface area (Å²) in [7, 11) is 3.27. The van der Waals surface area contributed by atoms with E-state index in [2.05, 4.69) is 10.3 Å². The molecule has 1 aliphatic rings. The Balaban J connectivity index is 1.70. The molecule has 2 aromatic carbocycles. The number of nitrogens with one attached hydrogen (secondary N) is 1. The van der Waals surface area contributed by atoms with Gasteiger partial charge in [0.25, 0.3) is 5.91 Å². The highest BCUT2D eigenvalue weighted by Gasteiger charge is 2.20. The van der Waals surface area contributed by atoms with Crippen molar-refractivity contribution in [1.82, 2.24) is 15.3 Å². The zero-order chi connectivity index (χ0) is 21.6. The summed E-state index contributed by atoms with van der Waals surface area (Å²) in [4.78, 5) is 22.3. The van der Waals surface area contributed by atoms with Crippen LogP contribution in [-0.2, 0) is 0 Å². The van der Waals surface area contributed by atoms with Gasteiger partial charge in [-0.15, -0.1) is 0 Å². The van der Waals surface area contributed by atoms with Crippen LogP contribution in [0, 0.1) is 0 Å². The molecule has 1 aromatic heterocycles. The van der Waals surface area contributed by atoms with E-state index in [0.717, 1.165) is 48.3 Å². The smallest absolute Gasteiger partial charge is 0.271 e. The van der Waals surface area contributed by atoms with Gasteiger partial charge in [-0.1, -0.05) is 19.3 Å². The van der Waals surface area contributed by atoms with E-state index in [1.165, 1.54) is 6.42 Å². The van der Waals surface area contributed by atoms with E-state index in [1.54, 1.807) is 20.4 Å².